The Morgan fingerprint density at radius 2 is 2.21 bits per heavy atom. The first kappa shape index (κ1) is 9.92. The van der Waals surface area contributed by atoms with Gasteiger partial charge < -0.3 is 0 Å². The maximum absolute atomic E-state index is 5.73. The van der Waals surface area contributed by atoms with Crippen molar-refractivity contribution in [2.45, 2.75) is 6.54 Å². The first-order chi connectivity index (χ1) is 6.74. The minimum Gasteiger partial charge on any atom is -0.266 e. The zero-order valence-electron chi connectivity index (χ0n) is 7.19. The van der Waals surface area contributed by atoms with Gasteiger partial charge in [0, 0.05) is 12.4 Å². The Balaban J connectivity index is 2.15. The van der Waals surface area contributed by atoms with E-state index in [4.69, 9.17) is 11.6 Å². The van der Waals surface area contributed by atoms with E-state index in [-0.39, 0.29) is 0 Å². The summed E-state index contributed by atoms with van der Waals surface area (Å²) in [6, 6.07) is 3.73. The van der Waals surface area contributed by atoms with Gasteiger partial charge in [-0.05, 0) is 34.7 Å². The van der Waals surface area contributed by atoms with Gasteiger partial charge in [0.15, 0.2) is 0 Å². The van der Waals surface area contributed by atoms with Gasteiger partial charge in [-0.15, -0.1) is 0 Å². The fourth-order valence-corrected chi connectivity index (χ4v) is 1.65. The molecule has 0 spiro atoms. The first-order valence-corrected chi connectivity index (χ1v) is 5.48. The molecule has 0 aliphatic heterocycles. The largest absolute Gasteiger partial charge is 0.266 e. The molecule has 2 aromatic heterocycles. The molecule has 0 aliphatic rings. The van der Waals surface area contributed by atoms with Gasteiger partial charge in [0.1, 0.15) is 0 Å². The fourth-order valence-electron chi connectivity index (χ4n) is 1.09. The van der Waals surface area contributed by atoms with Crippen LogP contribution in [0.2, 0.25) is 5.02 Å². The van der Waals surface area contributed by atoms with Crippen molar-refractivity contribution in [3.63, 3.8) is 0 Å². The summed E-state index contributed by atoms with van der Waals surface area (Å²) < 4.78 is 2.97. The Hall–Kier alpha value is -0.620. The van der Waals surface area contributed by atoms with Gasteiger partial charge in [-0.3, -0.25) is 9.67 Å². The van der Waals surface area contributed by atoms with Gasteiger partial charge in [0.2, 0.25) is 0 Å². The van der Waals surface area contributed by atoms with E-state index in [2.05, 4.69) is 32.7 Å². The molecule has 0 N–H and O–H groups in total. The van der Waals surface area contributed by atoms with Crippen molar-refractivity contribution in [2.75, 3.05) is 0 Å². The number of hydrogen-bond donors (Lipinski definition) is 0. The molecule has 0 aliphatic carbocycles. The van der Waals surface area contributed by atoms with Crippen molar-refractivity contribution >= 4 is 34.2 Å². The lowest BCUT2D eigenvalue weighted by Crippen LogP contribution is -2.01. The Bertz CT molecular complexity index is 424. The van der Waals surface area contributed by atoms with Crippen LogP contribution in [0.4, 0.5) is 0 Å². The van der Waals surface area contributed by atoms with E-state index < -0.39 is 0 Å². The molecular formula is C9H7ClIN3. The van der Waals surface area contributed by atoms with Crippen molar-refractivity contribution in [1.82, 2.24) is 14.8 Å². The van der Waals surface area contributed by atoms with E-state index in [0.29, 0.717) is 11.6 Å². The molecule has 0 amide bonds. The highest BCUT2D eigenvalue weighted by Gasteiger charge is 1.98. The topological polar surface area (TPSA) is 30.7 Å². The first-order valence-electron chi connectivity index (χ1n) is 4.02. The third kappa shape index (κ3) is 2.45. The molecule has 2 heterocycles. The molecule has 0 saturated carbocycles. The lowest BCUT2D eigenvalue weighted by molar-refractivity contribution is 0.672. The van der Waals surface area contributed by atoms with Crippen molar-refractivity contribution in [1.29, 1.82) is 0 Å². The molecule has 14 heavy (non-hydrogen) atoms. The molecule has 5 heteroatoms. The van der Waals surface area contributed by atoms with Crippen LogP contribution in [-0.2, 0) is 6.54 Å². The molecule has 2 rings (SSSR count). The van der Waals surface area contributed by atoms with Crippen molar-refractivity contribution in [3.05, 3.63) is 45.0 Å². The molecular weight excluding hydrogens is 312 g/mol. The van der Waals surface area contributed by atoms with Crippen LogP contribution in [0.1, 0.15) is 5.69 Å². The average Bonchev–Trinajstić information content (AvgIpc) is 2.56. The molecule has 0 unspecified atom stereocenters. The number of aromatic nitrogens is 3. The van der Waals surface area contributed by atoms with Crippen LogP contribution in [0.3, 0.4) is 0 Å². The van der Waals surface area contributed by atoms with Crippen LogP contribution in [0.25, 0.3) is 0 Å². The lowest BCUT2D eigenvalue weighted by Gasteiger charge is -2.00. The van der Waals surface area contributed by atoms with Gasteiger partial charge in [0.05, 0.1) is 27.0 Å². The maximum Gasteiger partial charge on any atom is 0.0831 e. The minimum absolute atomic E-state index is 0.656. The SMILES string of the molecule is Clc1ccc(Cn2cc(I)cn2)nc1. The van der Waals surface area contributed by atoms with E-state index in [1.54, 1.807) is 6.20 Å². The summed E-state index contributed by atoms with van der Waals surface area (Å²) in [4.78, 5) is 4.19. The van der Waals surface area contributed by atoms with Gasteiger partial charge in [0.25, 0.3) is 0 Å². The van der Waals surface area contributed by atoms with Gasteiger partial charge >= 0.3 is 0 Å². The van der Waals surface area contributed by atoms with Crippen molar-refractivity contribution in [3.8, 4) is 0 Å². The van der Waals surface area contributed by atoms with Gasteiger partial charge in [-0.25, -0.2) is 0 Å². The maximum atomic E-state index is 5.73. The lowest BCUT2D eigenvalue weighted by atomic mass is 10.3. The van der Waals surface area contributed by atoms with Crippen molar-refractivity contribution < 1.29 is 0 Å². The van der Waals surface area contributed by atoms with Gasteiger partial charge in [-0.2, -0.15) is 5.10 Å². The predicted molar refractivity (Wildman–Crippen MR) is 63.3 cm³/mol. The second-order valence-electron chi connectivity index (χ2n) is 2.82. The Labute approximate surface area is 100 Å². The van der Waals surface area contributed by atoms with Crippen LogP contribution in [0, 0.1) is 3.57 Å². The molecule has 0 fully saturated rings. The summed E-state index contributed by atoms with van der Waals surface area (Å²) in [5.41, 5.74) is 0.953. The smallest absolute Gasteiger partial charge is 0.0831 e. The van der Waals surface area contributed by atoms with Crippen LogP contribution in [-0.4, -0.2) is 14.8 Å². The van der Waals surface area contributed by atoms with Crippen LogP contribution < -0.4 is 0 Å². The summed E-state index contributed by atoms with van der Waals surface area (Å²) >= 11 is 7.96. The number of rotatable bonds is 2. The third-order valence-electron chi connectivity index (χ3n) is 1.71. The standard InChI is InChI=1S/C9H7ClIN3/c10-7-1-2-9(12-3-7)6-14-5-8(11)4-13-14/h1-5H,6H2. The molecule has 3 nitrogen and oxygen atoms in total. The second-order valence-corrected chi connectivity index (χ2v) is 4.51. The number of hydrogen-bond acceptors (Lipinski definition) is 2. The number of halogens is 2. The van der Waals surface area contributed by atoms with Crippen LogP contribution in [0.15, 0.2) is 30.7 Å². The van der Waals surface area contributed by atoms with E-state index >= 15 is 0 Å². The Morgan fingerprint density at radius 1 is 1.36 bits per heavy atom. The number of nitrogens with zero attached hydrogens (tertiary/aromatic N) is 3. The van der Waals surface area contributed by atoms with E-state index in [1.165, 1.54) is 0 Å². The fraction of sp³-hybridized carbons (Fsp3) is 0.111. The summed E-state index contributed by atoms with van der Waals surface area (Å²) in [6.45, 7) is 0.681. The molecule has 0 aromatic carbocycles. The average molecular weight is 320 g/mol. The second kappa shape index (κ2) is 4.27. The summed E-state index contributed by atoms with van der Waals surface area (Å²) in [5.74, 6) is 0. The molecule has 0 bridgehead atoms. The van der Waals surface area contributed by atoms with E-state index in [9.17, 15) is 0 Å². The monoisotopic (exact) mass is 319 g/mol. The van der Waals surface area contributed by atoms with Crippen molar-refractivity contribution in [2.24, 2.45) is 0 Å². The predicted octanol–water partition coefficient (Wildman–Crippen LogP) is 2.58. The summed E-state index contributed by atoms with van der Waals surface area (Å²) in [5, 5.41) is 4.83. The van der Waals surface area contributed by atoms with Crippen LogP contribution >= 0.6 is 34.2 Å². The van der Waals surface area contributed by atoms with E-state index in [1.807, 2.05) is 29.2 Å². The summed E-state index contributed by atoms with van der Waals surface area (Å²) in [7, 11) is 0. The highest BCUT2D eigenvalue weighted by molar-refractivity contribution is 14.1. The van der Waals surface area contributed by atoms with Gasteiger partial charge in [-0.1, -0.05) is 11.6 Å². The Morgan fingerprint density at radius 3 is 2.79 bits per heavy atom. The molecule has 72 valence electrons. The normalized spacial score (nSPS) is 10.4. The molecule has 0 radical (unpaired) electrons. The molecule has 0 atom stereocenters. The van der Waals surface area contributed by atoms with E-state index in [0.717, 1.165) is 9.26 Å². The number of pyridine rings is 1. The zero-order valence-corrected chi connectivity index (χ0v) is 10.1. The Kier molecular flexibility index (Phi) is 3.02. The zero-order chi connectivity index (χ0) is 9.97. The minimum atomic E-state index is 0.656. The van der Waals surface area contributed by atoms with Crippen LogP contribution in [0.5, 0.6) is 0 Å². The molecule has 0 saturated heterocycles. The highest BCUT2D eigenvalue weighted by atomic mass is 127. The summed E-state index contributed by atoms with van der Waals surface area (Å²) in [6.07, 6.45) is 5.43. The quantitative estimate of drug-likeness (QED) is 0.797. The highest BCUT2D eigenvalue weighted by Crippen LogP contribution is 2.08. The molecule has 2 aromatic rings. The third-order valence-corrected chi connectivity index (χ3v) is 2.50.